The SMILES string of the molecule is COC1CCN(S(=O)(=O)c2ccc(CNC(=O)c3ccncc3)cc2)CC1. The van der Waals surface area contributed by atoms with Crippen molar-refractivity contribution in [3.63, 3.8) is 0 Å². The second-order valence-corrected chi connectivity index (χ2v) is 8.34. The maximum absolute atomic E-state index is 12.8. The van der Waals surface area contributed by atoms with Crippen molar-refractivity contribution < 1.29 is 17.9 Å². The summed E-state index contributed by atoms with van der Waals surface area (Å²) in [7, 11) is -1.85. The molecule has 1 aliphatic rings. The number of benzene rings is 1. The molecule has 2 aromatic rings. The molecule has 8 heteroatoms. The second-order valence-electron chi connectivity index (χ2n) is 6.40. The Morgan fingerprint density at radius 2 is 1.78 bits per heavy atom. The quantitative estimate of drug-likeness (QED) is 0.814. The Labute approximate surface area is 159 Å². The Morgan fingerprint density at radius 1 is 1.15 bits per heavy atom. The zero-order valence-corrected chi connectivity index (χ0v) is 16.0. The largest absolute Gasteiger partial charge is 0.381 e. The number of aromatic nitrogens is 1. The van der Waals surface area contributed by atoms with E-state index in [2.05, 4.69) is 10.3 Å². The van der Waals surface area contributed by atoms with E-state index in [4.69, 9.17) is 4.74 Å². The summed E-state index contributed by atoms with van der Waals surface area (Å²) < 4.78 is 32.3. The molecule has 1 N–H and O–H groups in total. The minimum absolute atomic E-state index is 0.128. The molecule has 144 valence electrons. The van der Waals surface area contributed by atoms with E-state index < -0.39 is 10.0 Å². The smallest absolute Gasteiger partial charge is 0.251 e. The number of pyridine rings is 1. The average molecular weight is 389 g/mol. The lowest BCUT2D eigenvalue weighted by atomic mass is 10.1. The fourth-order valence-corrected chi connectivity index (χ4v) is 4.49. The van der Waals surface area contributed by atoms with E-state index in [1.807, 2.05) is 0 Å². The number of nitrogens with zero attached hydrogens (tertiary/aromatic N) is 2. The first kappa shape index (κ1) is 19.5. The molecule has 1 aromatic carbocycles. The van der Waals surface area contributed by atoms with E-state index in [0.717, 1.165) is 5.56 Å². The van der Waals surface area contributed by atoms with Crippen molar-refractivity contribution in [2.75, 3.05) is 20.2 Å². The van der Waals surface area contributed by atoms with Crippen LogP contribution >= 0.6 is 0 Å². The van der Waals surface area contributed by atoms with Crippen molar-refractivity contribution in [3.05, 3.63) is 59.9 Å². The van der Waals surface area contributed by atoms with Gasteiger partial charge in [0.25, 0.3) is 5.91 Å². The van der Waals surface area contributed by atoms with Crippen LogP contribution in [0.2, 0.25) is 0 Å². The summed E-state index contributed by atoms with van der Waals surface area (Å²) in [5.74, 6) is -0.199. The van der Waals surface area contributed by atoms with Crippen molar-refractivity contribution in [3.8, 4) is 0 Å². The number of carbonyl (C=O) groups is 1. The molecule has 0 saturated carbocycles. The third kappa shape index (κ3) is 4.71. The van der Waals surface area contributed by atoms with E-state index in [1.54, 1.807) is 55.9 Å². The zero-order valence-electron chi connectivity index (χ0n) is 15.2. The number of piperidine rings is 1. The third-order valence-corrected chi connectivity index (χ3v) is 6.60. The monoisotopic (exact) mass is 389 g/mol. The van der Waals surface area contributed by atoms with Crippen LogP contribution in [0.1, 0.15) is 28.8 Å². The van der Waals surface area contributed by atoms with Gasteiger partial charge >= 0.3 is 0 Å². The maximum atomic E-state index is 12.8. The Kier molecular flexibility index (Phi) is 6.20. The molecular formula is C19H23N3O4S. The summed E-state index contributed by atoms with van der Waals surface area (Å²) >= 11 is 0. The molecule has 0 atom stereocenters. The molecule has 1 amide bonds. The van der Waals surface area contributed by atoms with Crippen LogP contribution in [0, 0.1) is 0 Å². The van der Waals surface area contributed by atoms with Gasteiger partial charge in [-0.3, -0.25) is 9.78 Å². The number of carbonyl (C=O) groups excluding carboxylic acids is 1. The summed E-state index contributed by atoms with van der Waals surface area (Å²) in [5.41, 5.74) is 1.36. The minimum atomic E-state index is -3.50. The van der Waals surface area contributed by atoms with E-state index in [0.29, 0.717) is 38.0 Å². The summed E-state index contributed by atoms with van der Waals surface area (Å²) in [6.45, 7) is 1.25. The normalized spacial score (nSPS) is 16.2. The van der Waals surface area contributed by atoms with Crippen molar-refractivity contribution >= 4 is 15.9 Å². The standard InChI is InChI=1S/C19H23N3O4S/c1-26-17-8-12-22(13-9-17)27(24,25)18-4-2-15(3-5-18)14-21-19(23)16-6-10-20-11-7-16/h2-7,10-11,17H,8-9,12-14H2,1H3,(H,21,23). The first-order chi connectivity index (χ1) is 13.0. The van der Waals surface area contributed by atoms with Gasteiger partial charge in [-0.15, -0.1) is 0 Å². The van der Waals surface area contributed by atoms with Crippen LogP contribution < -0.4 is 5.32 Å². The van der Waals surface area contributed by atoms with Gasteiger partial charge in [-0.05, 0) is 42.7 Å². The van der Waals surface area contributed by atoms with Crippen molar-refractivity contribution in [2.45, 2.75) is 30.4 Å². The van der Waals surface area contributed by atoms with Gasteiger partial charge in [0, 0.05) is 44.7 Å². The number of ether oxygens (including phenoxy) is 1. The van der Waals surface area contributed by atoms with Crippen LogP contribution in [0.3, 0.4) is 0 Å². The molecule has 0 bridgehead atoms. The molecule has 0 spiro atoms. The molecule has 1 fully saturated rings. The van der Waals surface area contributed by atoms with Gasteiger partial charge in [-0.25, -0.2) is 8.42 Å². The van der Waals surface area contributed by atoms with Crippen LogP contribution in [0.25, 0.3) is 0 Å². The lowest BCUT2D eigenvalue weighted by molar-refractivity contribution is 0.0604. The van der Waals surface area contributed by atoms with E-state index >= 15 is 0 Å². The fourth-order valence-electron chi connectivity index (χ4n) is 3.02. The Morgan fingerprint density at radius 3 is 2.37 bits per heavy atom. The summed E-state index contributed by atoms with van der Waals surface area (Å²) in [6.07, 6.45) is 4.65. The van der Waals surface area contributed by atoms with Gasteiger partial charge in [-0.1, -0.05) is 12.1 Å². The van der Waals surface area contributed by atoms with Crippen LogP contribution in [-0.2, 0) is 21.3 Å². The molecule has 1 aliphatic heterocycles. The van der Waals surface area contributed by atoms with E-state index in [-0.39, 0.29) is 16.9 Å². The average Bonchev–Trinajstić information content (AvgIpc) is 2.73. The second kappa shape index (κ2) is 8.60. The van der Waals surface area contributed by atoms with E-state index in [1.165, 1.54) is 4.31 Å². The summed E-state index contributed by atoms with van der Waals surface area (Å²) in [6, 6.07) is 9.90. The molecule has 7 nitrogen and oxygen atoms in total. The van der Waals surface area contributed by atoms with Gasteiger partial charge in [0.1, 0.15) is 0 Å². The van der Waals surface area contributed by atoms with Crippen molar-refractivity contribution in [1.82, 2.24) is 14.6 Å². The predicted octanol–water partition coefficient (Wildman–Crippen LogP) is 1.81. The highest BCUT2D eigenvalue weighted by molar-refractivity contribution is 7.89. The highest BCUT2D eigenvalue weighted by Gasteiger charge is 2.29. The Hall–Kier alpha value is -2.29. The van der Waals surface area contributed by atoms with Crippen molar-refractivity contribution in [1.29, 1.82) is 0 Å². The van der Waals surface area contributed by atoms with Gasteiger partial charge in [0.2, 0.25) is 10.0 Å². The maximum Gasteiger partial charge on any atom is 0.251 e. The number of rotatable bonds is 6. The number of hydrogen-bond donors (Lipinski definition) is 1. The molecule has 2 heterocycles. The highest BCUT2D eigenvalue weighted by atomic mass is 32.2. The van der Waals surface area contributed by atoms with E-state index in [9.17, 15) is 13.2 Å². The zero-order chi connectivity index (χ0) is 19.3. The summed E-state index contributed by atoms with van der Waals surface area (Å²) in [4.78, 5) is 16.2. The molecule has 1 saturated heterocycles. The summed E-state index contributed by atoms with van der Waals surface area (Å²) in [5, 5.41) is 2.81. The topological polar surface area (TPSA) is 88.6 Å². The fraction of sp³-hybridized carbons (Fsp3) is 0.368. The van der Waals surface area contributed by atoms with Crippen molar-refractivity contribution in [2.24, 2.45) is 0 Å². The lowest BCUT2D eigenvalue weighted by Crippen LogP contribution is -2.40. The Bertz CT molecular complexity index is 862. The number of nitrogens with one attached hydrogen (secondary N) is 1. The predicted molar refractivity (Wildman–Crippen MR) is 101 cm³/mol. The number of amides is 1. The molecule has 3 rings (SSSR count). The molecular weight excluding hydrogens is 366 g/mol. The number of hydrogen-bond acceptors (Lipinski definition) is 5. The Balaban J connectivity index is 1.60. The van der Waals surface area contributed by atoms with Crippen LogP contribution in [0.5, 0.6) is 0 Å². The molecule has 27 heavy (non-hydrogen) atoms. The van der Waals surface area contributed by atoms with Gasteiger partial charge in [0.05, 0.1) is 11.0 Å². The number of methoxy groups -OCH3 is 1. The van der Waals surface area contributed by atoms with Crippen LogP contribution in [0.4, 0.5) is 0 Å². The highest BCUT2D eigenvalue weighted by Crippen LogP contribution is 2.22. The molecule has 0 radical (unpaired) electrons. The molecule has 0 aliphatic carbocycles. The number of sulfonamides is 1. The van der Waals surface area contributed by atoms with Crippen LogP contribution in [0.15, 0.2) is 53.7 Å². The minimum Gasteiger partial charge on any atom is -0.381 e. The first-order valence-electron chi connectivity index (χ1n) is 8.81. The molecule has 1 aromatic heterocycles. The van der Waals surface area contributed by atoms with Gasteiger partial charge < -0.3 is 10.1 Å². The first-order valence-corrected chi connectivity index (χ1v) is 10.2. The molecule has 0 unspecified atom stereocenters. The lowest BCUT2D eigenvalue weighted by Gasteiger charge is -2.30. The van der Waals surface area contributed by atoms with Gasteiger partial charge in [-0.2, -0.15) is 4.31 Å². The third-order valence-electron chi connectivity index (χ3n) is 4.69. The van der Waals surface area contributed by atoms with Gasteiger partial charge in [0.15, 0.2) is 0 Å². The van der Waals surface area contributed by atoms with Crippen LogP contribution in [-0.4, -0.2) is 49.9 Å².